The minimum absolute atomic E-state index is 0.127. The van der Waals surface area contributed by atoms with Crippen molar-refractivity contribution in [3.63, 3.8) is 0 Å². The van der Waals surface area contributed by atoms with E-state index in [1.807, 2.05) is 48.2 Å². The SMILES string of the molecule is CC[C@@H](C(=O)N1CCN(c2ccc(NC(=O)c3ccc(F)cc3)cc2C(=O)N2CCOCC2)CC1)c1ccccc1. The van der Waals surface area contributed by atoms with Crippen molar-refractivity contribution in [2.24, 2.45) is 0 Å². The third kappa shape index (κ3) is 6.57. The average molecular weight is 559 g/mol. The van der Waals surface area contributed by atoms with Gasteiger partial charge in [-0.15, -0.1) is 0 Å². The van der Waals surface area contributed by atoms with Crippen LogP contribution in [-0.4, -0.2) is 80.0 Å². The zero-order valence-electron chi connectivity index (χ0n) is 23.2. The second-order valence-electron chi connectivity index (χ2n) is 10.3. The normalized spacial score (nSPS) is 16.3. The smallest absolute Gasteiger partial charge is 0.256 e. The summed E-state index contributed by atoms with van der Waals surface area (Å²) in [5.74, 6) is -0.989. The van der Waals surface area contributed by atoms with Crippen LogP contribution in [0.15, 0.2) is 72.8 Å². The second kappa shape index (κ2) is 13.0. The van der Waals surface area contributed by atoms with E-state index in [4.69, 9.17) is 4.74 Å². The molecule has 3 aromatic carbocycles. The number of rotatable bonds is 7. The maximum atomic E-state index is 13.7. The van der Waals surface area contributed by atoms with E-state index in [1.54, 1.807) is 17.0 Å². The number of ether oxygens (including phenoxy) is 1. The Balaban J connectivity index is 1.34. The number of carbonyl (C=O) groups is 3. The van der Waals surface area contributed by atoms with E-state index in [2.05, 4.69) is 10.2 Å². The van der Waals surface area contributed by atoms with Crippen molar-refractivity contribution in [1.82, 2.24) is 9.80 Å². The van der Waals surface area contributed by atoms with Crippen LogP contribution in [-0.2, 0) is 9.53 Å². The van der Waals surface area contributed by atoms with E-state index in [9.17, 15) is 18.8 Å². The Morgan fingerprint density at radius 2 is 1.54 bits per heavy atom. The van der Waals surface area contributed by atoms with Gasteiger partial charge in [-0.05, 0) is 54.4 Å². The lowest BCUT2D eigenvalue weighted by Crippen LogP contribution is -2.50. The molecule has 0 aromatic heterocycles. The van der Waals surface area contributed by atoms with E-state index in [0.717, 1.165) is 17.7 Å². The highest BCUT2D eigenvalue weighted by Crippen LogP contribution is 2.29. The molecule has 214 valence electrons. The summed E-state index contributed by atoms with van der Waals surface area (Å²) in [6, 6.07) is 20.5. The van der Waals surface area contributed by atoms with Crippen LogP contribution in [0.2, 0.25) is 0 Å². The van der Waals surface area contributed by atoms with Gasteiger partial charge in [-0.2, -0.15) is 0 Å². The van der Waals surface area contributed by atoms with Gasteiger partial charge in [0, 0.05) is 56.2 Å². The van der Waals surface area contributed by atoms with E-state index in [1.165, 1.54) is 24.3 Å². The zero-order chi connectivity index (χ0) is 28.8. The topological polar surface area (TPSA) is 82.2 Å². The molecule has 2 saturated heterocycles. The molecule has 41 heavy (non-hydrogen) atoms. The van der Waals surface area contributed by atoms with Crippen LogP contribution in [0.4, 0.5) is 15.8 Å². The minimum atomic E-state index is -0.420. The molecule has 0 aliphatic carbocycles. The van der Waals surface area contributed by atoms with Gasteiger partial charge < -0.3 is 24.8 Å². The predicted octanol–water partition coefficient (Wildman–Crippen LogP) is 4.39. The van der Waals surface area contributed by atoms with Gasteiger partial charge in [0.05, 0.1) is 24.7 Å². The molecule has 2 fully saturated rings. The van der Waals surface area contributed by atoms with Crippen molar-refractivity contribution in [2.75, 3.05) is 62.7 Å². The summed E-state index contributed by atoms with van der Waals surface area (Å²) in [4.78, 5) is 45.7. The summed E-state index contributed by atoms with van der Waals surface area (Å²) < 4.78 is 18.7. The Hall–Kier alpha value is -4.24. The third-order valence-corrected chi connectivity index (χ3v) is 7.73. The number of anilines is 2. The summed E-state index contributed by atoms with van der Waals surface area (Å²) in [6.07, 6.45) is 0.729. The van der Waals surface area contributed by atoms with Crippen molar-refractivity contribution in [1.29, 1.82) is 0 Å². The molecule has 0 saturated carbocycles. The summed E-state index contributed by atoms with van der Waals surface area (Å²) in [5, 5.41) is 2.83. The van der Waals surface area contributed by atoms with Crippen LogP contribution in [0.3, 0.4) is 0 Å². The molecule has 2 aliphatic rings. The molecular weight excluding hydrogens is 523 g/mol. The van der Waals surface area contributed by atoms with Crippen LogP contribution in [0, 0.1) is 5.82 Å². The predicted molar refractivity (Wildman–Crippen MR) is 156 cm³/mol. The average Bonchev–Trinajstić information content (AvgIpc) is 3.02. The van der Waals surface area contributed by atoms with Gasteiger partial charge in [0.15, 0.2) is 0 Å². The first kappa shape index (κ1) is 28.3. The van der Waals surface area contributed by atoms with Crippen LogP contribution in [0.1, 0.15) is 45.5 Å². The highest BCUT2D eigenvalue weighted by atomic mass is 19.1. The van der Waals surface area contributed by atoms with Crippen LogP contribution < -0.4 is 10.2 Å². The Morgan fingerprint density at radius 1 is 0.854 bits per heavy atom. The van der Waals surface area contributed by atoms with E-state index in [-0.39, 0.29) is 17.7 Å². The second-order valence-corrected chi connectivity index (χ2v) is 10.3. The Labute approximate surface area is 239 Å². The Morgan fingerprint density at radius 3 is 2.20 bits per heavy atom. The molecule has 2 aliphatic heterocycles. The van der Waals surface area contributed by atoms with E-state index in [0.29, 0.717) is 69.3 Å². The zero-order valence-corrected chi connectivity index (χ0v) is 23.2. The molecular formula is C32H35FN4O4. The molecule has 2 heterocycles. The Kier molecular flexibility index (Phi) is 8.94. The number of nitrogens with zero attached hydrogens (tertiary/aromatic N) is 3. The monoisotopic (exact) mass is 558 g/mol. The Bertz CT molecular complexity index is 1370. The number of morpholine rings is 1. The van der Waals surface area contributed by atoms with Crippen molar-refractivity contribution in [3.8, 4) is 0 Å². The first-order chi connectivity index (χ1) is 19.9. The number of benzene rings is 3. The molecule has 8 nitrogen and oxygen atoms in total. The lowest BCUT2D eigenvalue weighted by molar-refractivity contribution is -0.133. The van der Waals surface area contributed by atoms with Gasteiger partial charge in [0.2, 0.25) is 5.91 Å². The first-order valence-corrected chi connectivity index (χ1v) is 14.1. The maximum absolute atomic E-state index is 13.7. The molecule has 5 rings (SSSR count). The largest absolute Gasteiger partial charge is 0.378 e. The molecule has 1 N–H and O–H groups in total. The number of halogens is 1. The molecule has 0 radical (unpaired) electrons. The van der Waals surface area contributed by atoms with Crippen LogP contribution >= 0.6 is 0 Å². The summed E-state index contributed by atoms with van der Waals surface area (Å²) >= 11 is 0. The number of piperazine rings is 1. The van der Waals surface area contributed by atoms with Crippen molar-refractivity contribution < 1.29 is 23.5 Å². The highest BCUT2D eigenvalue weighted by molar-refractivity contribution is 6.06. The van der Waals surface area contributed by atoms with Crippen molar-refractivity contribution in [3.05, 3.63) is 95.3 Å². The fraction of sp³-hybridized carbons (Fsp3) is 0.344. The molecule has 1 atom stereocenters. The number of carbonyl (C=O) groups excluding carboxylic acids is 3. The van der Waals surface area contributed by atoms with Gasteiger partial charge in [0.25, 0.3) is 11.8 Å². The standard InChI is InChI=1S/C32H35FN4O4/c1-2-27(23-6-4-3-5-7-23)31(39)36-16-14-35(15-17-36)29-13-12-26(34-30(38)24-8-10-25(33)11-9-24)22-28(29)32(40)37-18-20-41-21-19-37/h3-13,22,27H,2,14-21H2,1H3,(H,34,38)/t27-/m1/s1. The van der Waals surface area contributed by atoms with Gasteiger partial charge >= 0.3 is 0 Å². The summed E-state index contributed by atoms with van der Waals surface area (Å²) in [7, 11) is 0. The van der Waals surface area contributed by atoms with Gasteiger partial charge in [-0.1, -0.05) is 37.3 Å². The maximum Gasteiger partial charge on any atom is 0.256 e. The van der Waals surface area contributed by atoms with Gasteiger partial charge in [-0.3, -0.25) is 14.4 Å². The molecule has 9 heteroatoms. The molecule has 0 unspecified atom stereocenters. The van der Waals surface area contributed by atoms with Crippen LogP contribution in [0.5, 0.6) is 0 Å². The molecule has 3 aromatic rings. The summed E-state index contributed by atoms with van der Waals surface area (Å²) in [5.41, 5.74) is 3.07. The van der Waals surface area contributed by atoms with E-state index >= 15 is 0 Å². The number of hydrogen-bond donors (Lipinski definition) is 1. The molecule has 0 bridgehead atoms. The van der Waals surface area contributed by atoms with Crippen molar-refractivity contribution >= 4 is 29.1 Å². The minimum Gasteiger partial charge on any atom is -0.378 e. The fourth-order valence-electron chi connectivity index (χ4n) is 5.43. The van der Waals surface area contributed by atoms with Gasteiger partial charge in [-0.25, -0.2) is 4.39 Å². The third-order valence-electron chi connectivity index (χ3n) is 7.73. The van der Waals surface area contributed by atoms with Gasteiger partial charge in [0.1, 0.15) is 5.82 Å². The first-order valence-electron chi connectivity index (χ1n) is 14.1. The number of hydrogen-bond acceptors (Lipinski definition) is 5. The lowest BCUT2D eigenvalue weighted by Gasteiger charge is -2.38. The molecule has 3 amide bonds. The van der Waals surface area contributed by atoms with Crippen LogP contribution in [0.25, 0.3) is 0 Å². The quantitative estimate of drug-likeness (QED) is 0.465. The van der Waals surface area contributed by atoms with Crippen molar-refractivity contribution in [2.45, 2.75) is 19.3 Å². The highest BCUT2D eigenvalue weighted by Gasteiger charge is 2.30. The number of amides is 3. The summed E-state index contributed by atoms with van der Waals surface area (Å²) in [6.45, 7) is 6.24. The fourth-order valence-corrected chi connectivity index (χ4v) is 5.43. The molecule has 0 spiro atoms. The number of nitrogens with one attached hydrogen (secondary N) is 1. The lowest BCUT2D eigenvalue weighted by atomic mass is 9.94. The van der Waals surface area contributed by atoms with E-state index < -0.39 is 11.7 Å².